The average Bonchev–Trinajstić information content (AvgIpc) is 2.72. The fourth-order valence-electron chi connectivity index (χ4n) is 4.78. The summed E-state index contributed by atoms with van der Waals surface area (Å²) in [6.45, 7) is 0. The fraction of sp³-hybridized carbons (Fsp3) is 0.500. The highest BCUT2D eigenvalue weighted by atomic mass is 31.1. The SMILES string of the molecule is c1ccc(Oc2ccccc2P(C2CCCCC2)C2CCCCC2)cc1. The summed E-state index contributed by atoms with van der Waals surface area (Å²) in [5, 5.41) is 1.53. The van der Waals surface area contributed by atoms with Crippen LogP contribution in [0.25, 0.3) is 0 Å². The third-order valence-electron chi connectivity index (χ3n) is 6.05. The molecule has 0 spiro atoms. The molecule has 0 radical (unpaired) electrons. The summed E-state index contributed by atoms with van der Waals surface area (Å²) in [6.07, 6.45) is 14.3. The standard InChI is InChI=1S/C24H31OP/c1-4-12-20(13-5-1)25-23-18-10-11-19-24(23)26(21-14-6-2-7-15-21)22-16-8-3-9-17-22/h1,4-5,10-13,18-19,21-22H,2-3,6-9,14-17H2. The van der Waals surface area contributed by atoms with Gasteiger partial charge in [0.2, 0.25) is 0 Å². The molecule has 0 amide bonds. The minimum atomic E-state index is -0.134. The van der Waals surface area contributed by atoms with E-state index in [0.29, 0.717) is 0 Å². The first-order chi connectivity index (χ1) is 12.9. The van der Waals surface area contributed by atoms with E-state index in [4.69, 9.17) is 4.74 Å². The van der Waals surface area contributed by atoms with Crippen molar-refractivity contribution in [3.8, 4) is 11.5 Å². The van der Waals surface area contributed by atoms with Gasteiger partial charge in [-0.2, -0.15) is 0 Å². The van der Waals surface area contributed by atoms with Gasteiger partial charge < -0.3 is 4.74 Å². The predicted octanol–water partition coefficient (Wildman–Crippen LogP) is 7.25. The molecule has 0 bridgehead atoms. The molecular formula is C24H31OP. The topological polar surface area (TPSA) is 9.23 Å². The highest BCUT2D eigenvalue weighted by Crippen LogP contribution is 2.56. The second kappa shape index (κ2) is 9.05. The van der Waals surface area contributed by atoms with Gasteiger partial charge in [-0.15, -0.1) is 0 Å². The molecule has 2 fully saturated rings. The van der Waals surface area contributed by atoms with Crippen LogP contribution in [0.2, 0.25) is 0 Å². The third kappa shape index (κ3) is 4.32. The molecule has 0 N–H and O–H groups in total. The Morgan fingerprint density at radius 3 is 1.77 bits per heavy atom. The third-order valence-corrected chi connectivity index (χ3v) is 9.58. The number of ether oxygens (including phenoxy) is 1. The van der Waals surface area contributed by atoms with Gasteiger partial charge in [0.25, 0.3) is 0 Å². The van der Waals surface area contributed by atoms with E-state index in [-0.39, 0.29) is 7.92 Å². The summed E-state index contributed by atoms with van der Waals surface area (Å²) in [5.41, 5.74) is 1.81. The highest BCUT2D eigenvalue weighted by molar-refractivity contribution is 7.67. The Bertz CT molecular complexity index is 654. The Labute approximate surface area is 159 Å². The van der Waals surface area contributed by atoms with Gasteiger partial charge in [0.05, 0.1) is 0 Å². The summed E-state index contributed by atoms with van der Waals surface area (Å²) in [7, 11) is -0.134. The van der Waals surface area contributed by atoms with Crippen molar-refractivity contribution >= 4 is 13.2 Å². The molecule has 2 aromatic rings. The van der Waals surface area contributed by atoms with Crippen molar-refractivity contribution in [2.45, 2.75) is 75.5 Å². The van der Waals surface area contributed by atoms with Crippen molar-refractivity contribution in [3.63, 3.8) is 0 Å². The Kier molecular flexibility index (Phi) is 6.28. The summed E-state index contributed by atoms with van der Waals surface area (Å²) < 4.78 is 6.39. The first-order valence-electron chi connectivity index (χ1n) is 10.5. The summed E-state index contributed by atoms with van der Waals surface area (Å²) in [5.74, 6) is 2.07. The van der Waals surface area contributed by atoms with Crippen LogP contribution >= 0.6 is 7.92 Å². The maximum Gasteiger partial charge on any atom is 0.135 e. The molecule has 0 saturated heterocycles. The number of para-hydroxylation sites is 2. The smallest absolute Gasteiger partial charge is 0.135 e. The second-order valence-corrected chi connectivity index (χ2v) is 10.6. The molecule has 2 aromatic carbocycles. The highest BCUT2D eigenvalue weighted by Gasteiger charge is 2.33. The van der Waals surface area contributed by atoms with Crippen LogP contribution in [0.1, 0.15) is 64.2 Å². The molecule has 2 saturated carbocycles. The van der Waals surface area contributed by atoms with Crippen molar-refractivity contribution in [1.29, 1.82) is 0 Å². The Morgan fingerprint density at radius 1 is 0.615 bits per heavy atom. The summed E-state index contributed by atoms with van der Waals surface area (Å²) >= 11 is 0. The first-order valence-corrected chi connectivity index (χ1v) is 12.0. The van der Waals surface area contributed by atoms with Crippen LogP contribution in [0.4, 0.5) is 0 Å². The van der Waals surface area contributed by atoms with E-state index in [2.05, 4.69) is 54.6 Å². The van der Waals surface area contributed by atoms with Gasteiger partial charge >= 0.3 is 0 Å². The zero-order valence-electron chi connectivity index (χ0n) is 15.8. The molecule has 138 valence electrons. The van der Waals surface area contributed by atoms with Gasteiger partial charge in [0, 0.05) is 5.30 Å². The summed E-state index contributed by atoms with van der Waals surface area (Å²) in [6, 6.07) is 19.3. The van der Waals surface area contributed by atoms with Crippen LogP contribution in [0.15, 0.2) is 54.6 Å². The molecule has 26 heavy (non-hydrogen) atoms. The van der Waals surface area contributed by atoms with E-state index >= 15 is 0 Å². The average molecular weight is 366 g/mol. The Balaban J connectivity index is 1.66. The van der Waals surface area contributed by atoms with Gasteiger partial charge in [-0.3, -0.25) is 0 Å². The zero-order valence-corrected chi connectivity index (χ0v) is 16.7. The monoisotopic (exact) mass is 366 g/mol. The van der Waals surface area contributed by atoms with Crippen LogP contribution in [-0.2, 0) is 0 Å². The maximum atomic E-state index is 6.39. The zero-order chi connectivity index (χ0) is 17.6. The van der Waals surface area contributed by atoms with E-state index in [1.54, 1.807) is 0 Å². The van der Waals surface area contributed by atoms with Crippen LogP contribution < -0.4 is 10.0 Å². The lowest BCUT2D eigenvalue weighted by molar-refractivity contribution is 0.479. The van der Waals surface area contributed by atoms with Crippen LogP contribution in [0.5, 0.6) is 11.5 Å². The van der Waals surface area contributed by atoms with Crippen molar-refractivity contribution < 1.29 is 4.74 Å². The van der Waals surface area contributed by atoms with Gasteiger partial charge in [-0.05, 0) is 55.2 Å². The minimum Gasteiger partial charge on any atom is -0.457 e. The lowest BCUT2D eigenvalue weighted by Gasteiger charge is -2.39. The van der Waals surface area contributed by atoms with Crippen molar-refractivity contribution in [3.05, 3.63) is 54.6 Å². The lowest BCUT2D eigenvalue weighted by Crippen LogP contribution is -2.26. The summed E-state index contributed by atoms with van der Waals surface area (Å²) in [4.78, 5) is 0. The van der Waals surface area contributed by atoms with Crippen LogP contribution in [-0.4, -0.2) is 11.3 Å². The van der Waals surface area contributed by atoms with Crippen LogP contribution in [0, 0.1) is 0 Å². The van der Waals surface area contributed by atoms with Gasteiger partial charge in [-0.1, -0.05) is 82.8 Å². The van der Waals surface area contributed by atoms with Crippen molar-refractivity contribution in [2.24, 2.45) is 0 Å². The number of rotatable bonds is 5. The quantitative estimate of drug-likeness (QED) is 0.506. The fourth-order valence-corrected chi connectivity index (χ4v) is 8.64. The molecule has 2 aliphatic rings. The van der Waals surface area contributed by atoms with Crippen molar-refractivity contribution in [2.75, 3.05) is 0 Å². The lowest BCUT2D eigenvalue weighted by atomic mass is 9.99. The van der Waals surface area contributed by atoms with Gasteiger partial charge in [0.15, 0.2) is 0 Å². The second-order valence-electron chi connectivity index (χ2n) is 7.87. The maximum absolute atomic E-state index is 6.39. The molecule has 0 heterocycles. The number of hydrogen-bond donors (Lipinski definition) is 0. The van der Waals surface area contributed by atoms with E-state index in [9.17, 15) is 0 Å². The van der Waals surface area contributed by atoms with E-state index in [0.717, 1.165) is 22.8 Å². The van der Waals surface area contributed by atoms with Gasteiger partial charge in [-0.25, -0.2) is 0 Å². The van der Waals surface area contributed by atoms with E-state index in [1.165, 1.54) is 69.5 Å². The molecule has 0 atom stereocenters. The Hall–Kier alpha value is -1.33. The molecular weight excluding hydrogens is 335 g/mol. The Morgan fingerprint density at radius 2 is 1.15 bits per heavy atom. The van der Waals surface area contributed by atoms with Crippen molar-refractivity contribution in [1.82, 2.24) is 0 Å². The van der Waals surface area contributed by atoms with E-state index in [1.807, 2.05) is 0 Å². The molecule has 4 rings (SSSR count). The molecule has 0 aliphatic heterocycles. The number of hydrogen-bond acceptors (Lipinski definition) is 1. The normalized spacial score (nSPS) is 19.6. The molecule has 0 unspecified atom stereocenters. The van der Waals surface area contributed by atoms with Gasteiger partial charge in [0.1, 0.15) is 11.5 Å². The largest absolute Gasteiger partial charge is 0.457 e. The minimum absolute atomic E-state index is 0.134. The first kappa shape index (κ1) is 18.1. The van der Waals surface area contributed by atoms with E-state index < -0.39 is 0 Å². The predicted molar refractivity (Wildman–Crippen MR) is 113 cm³/mol. The molecule has 2 heteroatoms. The molecule has 1 nitrogen and oxygen atoms in total. The van der Waals surface area contributed by atoms with Crippen LogP contribution in [0.3, 0.4) is 0 Å². The number of benzene rings is 2. The molecule has 0 aromatic heterocycles. The molecule has 2 aliphatic carbocycles.